The zero-order valence-corrected chi connectivity index (χ0v) is 14.3. The Morgan fingerprint density at radius 1 is 1.29 bits per heavy atom. The molecule has 1 unspecified atom stereocenters. The zero-order chi connectivity index (χ0) is 16.9. The standard InChI is InChI=1S/C16H16Cl2N4O2/c17-13-4-3-11(8-14(13)18)21-16(23)22-7-1-2-12(9-22)24-15-5-6-19-10-20-15/h3-6,8,10,12H,1-2,7,9H2,(H,21,23). The molecule has 1 saturated heterocycles. The number of anilines is 1. The lowest BCUT2D eigenvalue weighted by Gasteiger charge is -2.32. The number of carbonyl (C=O) groups excluding carboxylic acids is 1. The third kappa shape index (κ3) is 4.27. The van der Waals surface area contributed by atoms with Crippen LogP contribution in [0.4, 0.5) is 10.5 Å². The van der Waals surface area contributed by atoms with Crippen LogP contribution in [0.1, 0.15) is 12.8 Å². The fourth-order valence-corrected chi connectivity index (χ4v) is 2.81. The molecular formula is C16H16Cl2N4O2. The summed E-state index contributed by atoms with van der Waals surface area (Å²) in [6.45, 7) is 1.17. The van der Waals surface area contributed by atoms with Gasteiger partial charge in [0, 0.05) is 24.5 Å². The van der Waals surface area contributed by atoms with Crippen LogP contribution in [0.3, 0.4) is 0 Å². The lowest BCUT2D eigenvalue weighted by molar-refractivity contribution is 0.102. The van der Waals surface area contributed by atoms with E-state index in [2.05, 4.69) is 15.3 Å². The number of halogens is 2. The Morgan fingerprint density at radius 2 is 2.17 bits per heavy atom. The maximum Gasteiger partial charge on any atom is 0.321 e. The van der Waals surface area contributed by atoms with Crippen LogP contribution in [0, 0.1) is 0 Å². The van der Waals surface area contributed by atoms with Crippen molar-refractivity contribution < 1.29 is 9.53 Å². The Kier molecular flexibility index (Phi) is 5.37. The molecule has 8 heteroatoms. The summed E-state index contributed by atoms with van der Waals surface area (Å²) in [5, 5.41) is 3.68. The van der Waals surface area contributed by atoms with E-state index < -0.39 is 0 Å². The van der Waals surface area contributed by atoms with Crippen molar-refractivity contribution in [2.24, 2.45) is 0 Å². The van der Waals surface area contributed by atoms with Crippen LogP contribution in [0.25, 0.3) is 0 Å². The second kappa shape index (κ2) is 7.68. The van der Waals surface area contributed by atoms with E-state index in [1.165, 1.54) is 6.33 Å². The van der Waals surface area contributed by atoms with Gasteiger partial charge in [-0.25, -0.2) is 14.8 Å². The van der Waals surface area contributed by atoms with Gasteiger partial charge in [-0.3, -0.25) is 0 Å². The zero-order valence-electron chi connectivity index (χ0n) is 12.8. The van der Waals surface area contributed by atoms with Crippen molar-refractivity contribution in [1.29, 1.82) is 0 Å². The molecule has 0 bridgehead atoms. The lowest BCUT2D eigenvalue weighted by atomic mass is 10.1. The molecule has 3 rings (SSSR count). The molecular weight excluding hydrogens is 351 g/mol. The van der Waals surface area contributed by atoms with Gasteiger partial charge in [0.05, 0.1) is 16.6 Å². The number of piperidine rings is 1. The van der Waals surface area contributed by atoms with Gasteiger partial charge in [-0.1, -0.05) is 23.2 Å². The molecule has 1 atom stereocenters. The number of hydrogen-bond donors (Lipinski definition) is 1. The second-order valence-corrected chi connectivity index (χ2v) is 6.25. The molecule has 1 aliphatic heterocycles. The van der Waals surface area contributed by atoms with E-state index in [1.54, 1.807) is 35.4 Å². The maximum atomic E-state index is 12.4. The number of benzene rings is 1. The van der Waals surface area contributed by atoms with Gasteiger partial charge in [0.1, 0.15) is 12.4 Å². The minimum absolute atomic E-state index is 0.0896. The Hall–Kier alpha value is -2.05. The van der Waals surface area contributed by atoms with E-state index in [-0.39, 0.29) is 12.1 Å². The van der Waals surface area contributed by atoms with Crippen molar-refractivity contribution in [2.45, 2.75) is 18.9 Å². The second-order valence-electron chi connectivity index (χ2n) is 5.43. The highest BCUT2D eigenvalue weighted by Gasteiger charge is 2.25. The number of likely N-dealkylation sites (tertiary alicyclic amines) is 1. The molecule has 1 fully saturated rings. The Balaban J connectivity index is 1.59. The first-order valence-electron chi connectivity index (χ1n) is 7.55. The van der Waals surface area contributed by atoms with Gasteiger partial charge in [-0.15, -0.1) is 0 Å². The van der Waals surface area contributed by atoms with E-state index in [0.29, 0.717) is 34.7 Å². The van der Waals surface area contributed by atoms with Gasteiger partial charge < -0.3 is 15.0 Å². The number of nitrogens with one attached hydrogen (secondary N) is 1. The largest absolute Gasteiger partial charge is 0.472 e. The van der Waals surface area contributed by atoms with E-state index in [0.717, 1.165) is 12.8 Å². The Morgan fingerprint density at radius 3 is 2.92 bits per heavy atom. The summed E-state index contributed by atoms with van der Waals surface area (Å²) in [6, 6.07) is 6.50. The number of amides is 2. The molecule has 2 heterocycles. The minimum atomic E-state index is -0.190. The summed E-state index contributed by atoms with van der Waals surface area (Å²) in [7, 11) is 0. The molecule has 0 spiro atoms. The topological polar surface area (TPSA) is 67.4 Å². The number of aromatic nitrogens is 2. The highest BCUT2D eigenvalue weighted by Crippen LogP contribution is 2.25. The molecule has 1 aromatic carbocycles. The highest BCUT2D eigenvalue weighted by atomic mass is 35.5. The lowest BCUT2D eigenvalue weighted by Crippen LogP contribution is -2.46. The SMILES string of the molecule is O=C(Nc1ccc(Cl)c(Cl)c1)N1CCCC(Oc2ccncn2)C1. The molecule has 1 aromatic heterocycles. The monoisotopic (exact) mass is 366 g/mol. The highest BCUT2D eigenvalue weighted by molar-refractivity contribution is 6.42. The Bertz CT molecular complexity index is 714. The van der Waals surface area contributed by atoms with Crippen LogP contribution in [0.15, 0.2) is 36.8 Å². The predicted molar refractivity (Wildman–Crippen MR) is 92.7 cm³/mol. The summed E-state index contributed by atoms with van der Waals surface area (Å²) in [6.07, 6.45) is 4.71. The normalized spacial score (nSPS) is 17.4. The number of ether oxygens (including phenoxy) is 1. The van der Waals surface area contributed by atoms with E-state index in [9.17, 15) is 4.79 Å². The maximum absolute atomic E-state index is 12.4. The fourth-order valence-electron chi connectivity index (χ4n) is 2.51. The first-order valence-corrected chi connectivity index (χ1v) is 8.31. The molecule has 6 nitrogen and oxygen atoms in total. The number of rotatable bonds is 3. The summed E-state index contributed by atoms with van der Waals surface area (Å²) in [4.78, 5) is 22.0. The minimum Gasteiger partial charge on any atom is -0.472 e. The van der Waals surface area contributed by atoms with Crippen LogP contribution in [0.2, 0.25) is 10.0 Å². The van der Waals surface area contributed by atoms with Crippen molar-refractivity contribution in [2.75, 3.05) is 18.4 Å². The van der Waals surface area contributed by atoms with Crippen molar-refractivity contribution in [1.82, 2.24) is 14.9 Å². The Labute approximate surface area is 149 Å². The summed E-state index contributed by atoms with van der Waals surface area (Å²) < 4.78 is 5.81. The molecule has 0 saturated carbocycles. The molecule has 0 radical (unpaired) electrons. The summed E-state index contributed by atoms with van der Waals surface area (Å²) in [5.41, 5.74) is 0.605. The van der Waals surface area contributed by atoms with Crippen molar-refractivity contribution in [3.63, 3.8) is 0 Å². The molecule has 1 N–H and O–H groups in total. The van der Waals surface area contributed by atoms with Crippen LogP contribution in [0.5, 0.6) is 5.88 Å². The van der Waals surface area contributed by atoms with E-state index in [1.807, 2.05) is 0 Å². The first kappa shape index (κ1) is 16.8. The summed E-state index contributed by atoms with van der Waals surface area (Å²) >= 11 is 11.8. The number of hydrogen-bond acceptors (Lipinski definition) is 4. The third-order valence-electron chi connectivity index (χ3n) is 3.68. The van der Waals surface area contributed by atoms with Crippen molar-refractivity contribution in [3.8, 4) is 5.88 Å². The van der Waals surface area contributed by atoms with Gasteiger partial charge in [0.15, 0.2) is 0 Å². The predicted octanol–water partition coefficient (Wildman–Crippen LogP) is 3.86. The molecule has 0 aliphatic carbocycles. The summed E-state index contributed by atoms with van der Waals surface area (Å²) in [5.74, 6) is 0.516. The molecule has 1 aliphatic rings. The van der Waals surface area contributed by atoms with E-state index >= 15 is 0 Å². The number of nitrogens with zero attached hydrogens (tertiary/aromatic N) is 3. The molecule has 126 valence electrons. The van der Waals surface area contributed by atoms with Crippen LogP contribution in [-0.2, 0) is 0 Å². The van der Waals surface area contributed by atoms with Gasteiger partial charge in [-0.2, -0.15) is 0 Å². The van der Waals surface area contributed by atoms with Gasteiger partial charge in [-0.05, 0) is 31.0 Å². The third-order valence-corrected chi connectivity index (χ3v) is 4.42. The van der Waals surface area contributed by atoms with Crippen LogP contribution in [-0.4, -0.2) is 40.1 Å². The van der Waals surface area contributed by atoms with Crippen LogP contribution >= 0.6 is 23.2 Å². The molecule has 2 aromatic rings. The van der Waals surface area contributed by atoms with Gasteiger partial charge >= 0.3 is 6.03 Å². The van der Waals surface area contributed by atoms with E-state index in [4.69, 9.17) is 27.9 Å². The van der Waals surface area contributed by atoms with Gasteiger partial charge in [0.25, 0.3) is 0 Å². The van der Waals surface area contributed by atoms with Crippen molar-refractivity contribution in [3.05, 3.63) is 46.8 Å². The number of carbonyl (C=O) groups is 1. The fraction of sp³-hybridized carbons (Fsp3) is 0.312. The number of urea groups is 1. The van der Waals surface area contributed by atoms with Crippen molar-refractivity contribution >= 4 is 34.9 Å². The average molecular weight is 367 g/mol. The quantitative estimate of drug-likeness (QED) is 0.895. The van der Waals surface area contributed by atoms with Crippen LogP contribution < -0.4 is 10.1 Å². The average Bonchev–Trinajstić information content (AvgIpc) is 2.59. The molecule has 24 heavy (non-hydrogen) atoms. The molecule has 2 amide bonds. The van der Waals surface area contributed by atoms with Gasteiger partial charge in [0.2, 0.25) is 5.88 Å². The first-order chi connectivity index (χ1) is 11.6. The smallest absolute Gasteiger partial charge is 0.321 e.